The lowest BCUT2D eigenvalue weighted by molar-refractivity contribution is -0.865. The molecule has 3 aliphatic rings. The number of allylic oxidation sites excluding steroid dienone is 1. The molecule has 2 bridgehead atoms. The zero-order valence-corrected chi connectivity index (χ0v) is 10.2. The molecule has 0 aliphatic carbocycles. The number of oxime groups is 1. The lowest BCUT2D eigenvalue weighted by Gasteiger charge is -2.37. The van der Waals surface area contributed by atoms with E-state index in [1.54, 1.807) is 6.26 Å². The molecule has 1 aromatic heterocycles. The zero-order chi connectivity index (χ0) is 11.0. The number of hydrogen-bond donors (Lipinski definition) is 2. The van der Waals surface area contributed by atoms with Crippen molar-refractivity contribution >= 4 is 11.8 Å². The molecule has 4 nitrogen and oxygen atoms in total. The van der Waals surface area contributed by atoms with Crippen molar-refractivity contribution < 1.29 is 26.9 Å². The predicted octanol–water partition coefficient (Wildman–Crippen LogP) is -2.24. The summed E-state index contributed by atoms with van der Waals surface area (Å²) < 4.78 is 5.31. The van der Waals surface area contributed by atoms with Crippen molar-refractivity contribution in [2.24, 2.45) is 11.1 Å². The van der Waals surface area contributed by atoms with Crippen molar-refractivity contribution in [3.05, 3.63) is 29.9 Å². The molecule has 0 unspecified atom stereocenters. The van der Waals surface area contributed by atoms with Gasteiger partial charge in [0, 0.05) is 24.8 Å². The SMILES string of the molecule is O/N=C1/C(=C/c2ccco2)[NH+]2CCC1CC2.[Cl-]. The summed E-state index contributed by atoms with van der Waals surface area (Å²) in [7, 11) is 0. The van der Waals surface area contributed by atoms with E-state index < -0.39 is 0 Å². The first-order valence-electron chi connectivity index (χ1n) is 5.71. The fourth-order valence-corrected chi connectivity index (χ4v) is 2.74. The van der Waals surface area contributed by atoms with Crippen molar-refractivity contribution in [1.29, 1.82) is 0 Å². The van der Waals surface area contributed by atoms with E-state index in [0.717, 1.165) is 43.1 Å². The number of fused-ring (bicyclic) bond motifs is 3. The first kappa shape index (κ1) is 12.2. The minimum Gasteiger partial charge on any atom is -1.00 e. The van der Waals surface area contributed by atoms with E-state index in [1.165, 1.54) is 4.90 Å². The standard InChI is InChI=1S/C12H14N2O2.ClH/c15-13-12-9-3-5-14(6-4-9)11(12)8-10-2-1-7-16-10;/h1-2,7-9,15H,3-6H2;1H/b11-8-,13-12+;. The molecule has 17 heavy (non-hydrogen) atoms. The molecule has 0 amide bonds. The van der Waals surface area contributed by atoms with E-state index in [9.17, 15) is 0 Å². The maximum Gasteiger partial charge on any atom is 0.160 e. The van der Waals surface area contributed by atoms with Crippen molar-refractivity contribution in [3.8, 4) is 0 Å². The zero-order valence-electron chi connectivity index (χ0n) is 9.40. The Labute approximate surface area is 106 Å². The Kier molecular flexibility index (Phi) is 3.54. The minimum absolute atomic E-state index is 0. The van der Waals surface area contributed by atoms with Gasteiger partial charge in [0.2, 0.25) is 0 Å². The Bertz CT molecular complexity index is 431. The van der Waals surface area contributed by atoms with Crippen molar-refractivity contribution in [2.75, 3.05) is 13.1 Å². The summed E-state index contributed by atoms with van der Waals surface area (Å²) in [6.45, 7) is 2.27. The Hall–Kier alpha value is -1.26. The van der Waals surface area contributed by atoms with E-state index >= 15 is 0 Å². The number of halogens is 1. The van der Waals surface area contributed by atoms with Gasteiger partial charge in [-0.3, -0.25) is 0 Å². The van der Waals surface area contributed by atoms with Gasteiger partial charge in [0.05, 0.1) is 19.4 Å². The summed E-state index contributed by atoms with van der Waals surface area (Å²) in [6.07, 6.45) is 5.91. The molecule has 5 heteroatoms. The van der Waals surface area contributed by atoms with E-state index in [0.29, 0.717) is 5.92 Å². The topological polar surface area (TPSA) is 50.2 Å². The van der Waals surface area contributed by atoms with Crippen LogP contribution in [0.2, 0.25) is 0 Å². The molecule has 0 aromatic carbocycles. The molecule has 0 atom stereocenters. The fourth-order valence-electron chi connectivity index (χ4n) is 2.74. The number of quaternary nitrogens is 1. The van der Waals surface area contributed by atoms with Crippen molar-refractivity contribution in [1.82, 2.24) is 0 Å². The minimum atomic E-state index is 0. The number of hydrogen-bond acceptors (Lipinski definition) is 3. The van der Waals surface area contributed by atoms with Crippen molar-refractivity contribution in [3.63, 3.8) is 0 Å². The molecular formula is C12H15ClN2O2. The molecule has 2 N–H and O–H groups in total. The average Bonchev–Trinajstić information content (AvgIpc) is 2.83. The van der Waals surface area contributed by atoms with Gasteiger partial charge in [-0.05, 0) is 12.1 Å². The molecule has 0 spiro atoms. The second-order valence-electron chi connectivity index (χ2n) is 4.44. The highest BCUT2D eigenvalue weighted by atomic mass is 35.5. The fraction of sp³-hybridized carbons (Fsp3) is 0.417. The first-order chi connectivity index (χ1) is 7.88. The van der Waals surface area contributed by atoms with Crippen LogP contribution in [0.5, 0.6) is 0 Å². The summed E-state index contributed by atoms with van der Waals surface area (Å²) in [6, 6.07) is 3.79. The van der Waals surface area contributed by atoms with Crippen LogP contribution in [0.15, 0.2) is 33.7 Å². The van der Waals surface area contributed by atoms with Crippen LogP contribution in [0.1, 0.15) is 18.6 Å². The Morgan fingerprint density at radius 3 is 2.76 bits per heavy atom. The second-order valence-corrected chi connectivity index (χ2v) is 4.44. The summed E-state index contributed by atoms with van der Waals surface area (Å²) in [5, 5.41) is 12.6. The smallest absolute Gasteiger partial charge is 0.160 e. The third-order valence-electron chi connectivity index (χ3n) is 3.57. The Morgan fingerprint density at radius 1 is 1.41 bits per heavy atom. The van der Waals surface area contributed by atoms with E-state index in [1.807, 2.05) is 18.2 Å². The van der Waals surface area contributed by atoms with Crippen LogP contribution in [0.3, 0.4) is 0 Å². The number of piperidine rings is 3. The summed E-state index contributed by atoms with van der Waals surface area (Å²) in [4.78, 5) is 1.41. The molecule has 3 saturated heterocycles. The van der Waals surface area contributed by atoms with E-state index in [-0.39, 0.29) is 12.4 Å². The molecule has 3 fully saturated rings. The van der Waals surface area contributed by atoms with Crippen LogP contribution < -0.4 is 17.3 Å². The van der Waals surface area contributed by atoms with Gasteiger partial charge in [0.15, 0.2) is 5.70 Å². The van der Waals surface area contributed by atoms with Gasteiger partial charge >= 0.3 is 0 Å². The molecular weight excluding hydrogens is 240 g/mol. The maximum atomic E-state index is 9.12. The summed E-state index contributed by atoms with van der Waals surface area (Å²) >= 11 is 0. The molecule has 4 heterocycles. The quantitative estimate of drug-likeness (QED) is 0.440. The average molecular weight is 255 g/mol. The van der Waals surface area contributed by atoms with Gasteiger partial charge in [-0.1, -0.05) is 5.16 Å². The van der Waals surface area contributed by atoms with Gasteiger partial charge in [0.25, 0.3) is 0 Å². The molecule has 0 radical (unpaired) electrons. The second kappa shape index (κ2) is 4.94. The lowest BCUT2D eigenvalue weighted by Crippen LogP contribution is -3.14. The molecule has 1 aromatic rings. The van der Waals surface area contributed by atoms with Gasteiger partial charge in [-0.25, -0.2) is 0 Å². The largest absolute Gasteiger partial charge is 1.00 e. The summed E-state index contributed by atoms with van der Waals surface area (Å²) in [5.41, 5.74) is 1.95. The van der Waals surface area contributed by atoms with Gasteiger partial charge in [-0.15, -0.1) is 0 Å². The third kappa shape index (κ3) is 2.10. The van der Waals surface area contributed by atoms with Crippen molar-refractivity contribution in [2.45, 2.75) is 12.8 Å². The highest BCUT2D eigenvalue weighted by molar-refractivity contribution is 6.03. The molecule has 3 aliphatic heterocycles. The monoisotopic (exact) mass is 254 g/mol. The Balaban J connectivity index is 0.00000108. The maximum absolute atomic E-state index is 9.12. The molecule has 0 saturated carbocycles. The highest BCUT2D eigenvalue weighted by Gasteiger charge is 2.39. The van der Waals surface area contributed by atoms with Crippen LogP contribution in [0, 0.1) is 5.92 Å². The van der Waals surface area contributed by atoms with Gasteiger partial charge in [0.1, 0.15) is 11.5 Å². The first-order valence-corrected chi connectivity index (χ1v) is 5.71. The summed E-state index contributed by atoms with van der Waals surface area (Å²) in [5.74, 6) is 1.26. The highest BCUT2D eigenvalue weighted by Crippen LogP contribution is 2.22. The predicted molar refractivity (Wildman–Crippen MR) is 59.3 cm³/mol. The lowest BCUT2D eigenvalue weighted by atomic mass is 9.84. The van der Waals surface area contributed by atoms with Crippen LogP contribution in [-0.4, -0.2) is 24.0 Å². The van der Waals surface area contributed by atoms with Gasteiger partial charge < -0.3 is 26.9 Å². The van der Waals surface area contributed by atoms with Crippen LogP contribution in [0.25, 0.3) is 6.08 Å². The number of nitrogens with zero attached hydrogens (tertiary/aromatic N) is 1. The number of nitrogens with one attached hydrogen (secondary N) is 1. The number of furan rings is 1. The normalized spacial score (nSPS) is 31.8. The molecule has 4 rings (SSSR count). The van der Waals surface area contributed by atoms with Gasteiger partial charge in [-0.2, -0.15) is 0 Å². The van der Waals surface area contributed by atoms with Crippen LogP contribution in [0.4, 0.5) is 0 Å². The van der Waals surface area contributed by atoms with Crippen LogP contribution in [-0.2, 0) is 0 Å². The Morgan fingerprint density at radius 2 is 2.18 bits per heavy atom. The van der Waals surface area contributed by atoms with Crippen LogP contribution >= 0.6 is 0 Å². The third-order valence-corrected chi connectivity index (χ3v) is 3.57. The number of rotatable bonds is 1. The molecule has 92 valence electrons. The van der Waals surface area contributed by atoms with E-state index in [2.05, 4.69) is 5.16 Å². The van der Waals surface area contributed by atoms with E-state index in [4.69, 9.17) is 9.62 Å².